The first-order chi connectivity index (χ1) is 7.06. The zero-order valence-electron chi connectivity index (χ0n) is 7.87. The van der Waals surface area contributed by atoms with Crippen molar-refractivity contribution in [1.29, 1.82) is 0 Å². The first-order valence-corrected chi connectivity index (χ1v) is 4.65. The fourth-order valence-electron chi connectivity index (χ4n) is 1.41. The van der Waals surface area contributed by atoms with E-state index in [1.807, 2.05) is 0 Å². The smallest absolute Gasteiger partial charge is 0.315 e. The molecule has 15 heavy (non-hydrogen) atoms. The number of esters is 2. The maximum atomic E-state index is 11.0. The van der Waals surface area contributed by atoms with Crippen molar-refractivity contribution in [2.45, 2.75) is 13.3 Å². The lowest BCUT2D eigenvalue weighted by molar-refractivity contribution is -0.134. The standard InChI is InChI=1S/C10H7ClO4/c1-5(12)14-8-4-7(11)2-6-3-9(13)15-10(6)8/h2,4H,3H2,1H3. The molecule has 0 aromatic heterocycles. The van der Waals surface area contributed by atoms with Crippen molar-refractivity contribution in [2.24, 2.45) is 0 Å². The van der Waals surface area contributed by atoms with Crippen LogP contribution in [0, 0.1) is 0 Å². The Morgan fingerprint density at radius 1 is 1.53 bits per heavy atom. The van der Waals surface area contributed by atoms with Gasteiger partial charge in [0.05, 0.1) is 6.42 Å². The molecular formula is C10H7ClO4. The average Bonchev–Trinajstić information content (AvgIpc) is 2.44. The van der Waals surface area contributed by atoms with Crippen molar-refractivity contribution in [3.63, 3.8) is 0 Å². The third-order valence-corrected chi connectivity index (χ3v) is 2.12. The molecule has 0 aliphatic carbocycles. The molecule has 0 N–H and O–H groups in total. The number of hydrogen-bond donors (Lipinski definition) is 0. The van der Waals surface area contributed by atoms with Crippen LogP contribution in [0.15, 0.2) is 12.1 Å². The maximum Gasteiger partial charge on any atom is 0.315 e. The number of carbonyl (C=O) groups is 2. The molecule has 1 aliphatic heterocycles. The van der Waals surface area contributed by atoms with E-state index in [0.717, 1.165) is 0 Å². The number of hydrogen-bond acceptors (Lipinski definition) is 4. The van der Waals surface area contributed by atoms with Crippen molar-refractivity contribution in [3.8, 4) is 11.5 Å². The Labute approximate surface area is 90.7 Å². The van der Waals surface area contributed by atoms with E-state index in [2.05, 4.69) is 0 Å². The molecule has 0 spiro atoms. The number of rotatable bonds is 1. The highest BCUT2D eigenvalue weighted by Gasteiger charge is 2.25. The minimum absolute atomic E-state index is 0.157. The number of halogens is 1. The van der Waals surface area contributed by atoms with E-state index in [1.165, 1.54) is 13.0 Å². The minimum Gasteiger partial charge on any atom is -0.423 e. The van der Waals surface area contributed by atoms with Gasteiger partial charge in [-0.1, -0.05) is 11.6 Å². The maximum absolute atomic E-state index is 11.0. The third-order valence-electron chi connectivity index (χ3n) is 1.90. The lowest BCUT2D eigenvalue weighted by atomic mass is 10.1. The van der Waals surface area contributed by atoms with Crippen molar-refractivity contribution < 1.29 is 19.1 Å². The van der Waals surface area contributed by atoms with E-state index in [-0.39, 0.29) is 18.1 Å². The van der Waals surface area contributed by atoms with Gasteiger partial charge in [0.15, 0.2) is 11.5 Å². The summed E-state index contributed by atoms with van der Waals surface area (Å²) in [5.41, 5.74) is 0.642. The second-order valence-electron chi connectivity index (χ2n) is 3.14. The van der Waals surface area contributed by atoms with Crippen molar-refractivity contribution in [3.05, 3.63) is 22.7 Å². The van der Waals surface area contributed by atoms with Gasteiger partial charge in [0.25, 0.3) is 0 Å². The first kappa shape index (κ1) is 9.98. The summed E-state index contributed by atoms with van der Waals surface area (Å²) < 4.78 is 9.80. The van der Waals surface area contributed by atoms with E-state index in [1.54, 1.807) is 6.07 Å². The molecule has 2 rings (SSSR count). The van der Waals surface area contributed by atoms with E-state index in [4.69, 9.17) is 21.1 Å². The largest absolute Gasteiger partial charge is 0.423 e. The molecule has 4 nitrogen and oxygen atoms in total. The number of ether oxygens (including phenoxy) is 2. The summed E-state index contributed by atoms with van der Waals surface area (Å²) in [6, 6.07) is 3.06. The van der Waals surface area contributed by atoms with Crippen LogP contribution in [-0.2, 0) is 16.0 Å². The second-order valence-corrected chi connectivity index (χ2v) is 3.57. The van der Waals surface area contributed by atoms with Crippen LogP contribution >= 0.6 is 11.6 Å². The van der Waals surface area contributed by atoms with Gasteiger partial charge in [0.1, 0.15) is 0 Å². The molecule has 0 atom stereocenters. The number of fused-ring (bicyclic) bond motifs is 1. The van der Waals surface area contributed by atoms with Crippen LogP contribution in [0.1, 0.15) is 12.5 Å². The lowest BCUT2D eigenvalue weighted by Gasteiger charge is -2.06. The molecule has 0 bridgehead atoms. The SMILES string of the molecule is CC(=O)Oc1cc(Cl)cc2c1OC(=O)C2. The molecular weight excluding hydrogens is 220 g/mol. The topological polar surface area (TPSA) is 52.6 Å². The molecule has 0 fully saturated rings. The van der Waals surface area contributed by atoms with Crippen molar-refractivity contribution >= 4 is 23.5 Å². The molecule has 1 aromatic carbocycles. The Balaban J connectivity index is 2.46. The molecule has 0 saturated heterocycles. The summed E-state index contributed by atoms with van der Waals surface area (Å²) >= 11 is 5.80. The van der Waals surface area contributed by atoms with Gasteiger partial charge >= 0.3 is 11.9 Å². The summed E-state index contributed by atoms with van der Waals surface area (Å²) in [5.74, 6) is -0.376. The Bertz CT molecular complexity index is 453. The molecule has 0 unspecified atom stereocenters. The van der Waals surface area contributed by atoms with Gasteiger partial charge in [-0.3, -0.25) is 9.59 Å². The predicted molar refractivity (Wildman–Crippen MR) is 52.1 cm³/mol. The monoisotopic (exact) mass is 226 g/mol. The summed E-state index contributed by atoms with van der Waals surface area (Å²) in [4.78, 5) is 21.8. The number of carbonyl (C=O) groups excluding carboxylic acids is 2. The predicted octanol–water partition coefficient (Wildman–Crippen LogP) is 1.73. The Morgan fingerprint density at radius 3 is 2.93 bits per heavy atom. The van der Waals surface area contributed by atoms with Crippen LogP contribution in [0.5, 0.6) is 11.5 Å². The van der Waals surface area contributed by atoms with Crippen molar-refractivity contribution in [2.75, 3.05) is 0 Å². The molecule has 1 heterocycles. The normalized spacial score (nSPS) is 13.3. The highest BCUT2D eigenvalue weighted by molar-refractivity contribution is 6.31. The van der Waals surface area contributed by atoms with Gasteiger partial charge in [-0.25, -0.2) is 0 Å². The van der Waals surface area contributed by atoms with Crippen molar-refractivity contribution in [1.82, 2.24) is 0 Å². The third kappa shape index (κ3) is 1.94. The van der Waals surface area contributed by atoms with Crippen LogP contribution in [0.3, 0.4) is 0 Å². The first-order valence-electron chi connectivity index (χ1n) is 4.28. The van der Waals surface area contributed by atoms with Gasteiger partial charge in [0.2, 0.25) is 0 Å². The Hall–Kier alpha value is -1.55. The summed E-state index contributed by atoms with van der Waals surface area (Å²) in [5, 5.41) is 0.406. The van der Waals surface area contributed by atoms with E-state index < -0.39 is 5.97 Å². The second kappa shape index (κ2) is 3.55. The zero-order chi connectivity index (χ0) is 11.0. The highest BCUT2D eigenvalue weighted by Crippen LogP contribution is 2.38. The minimum atomic E-state index is -0.484. The van der Waals surface area contributed by atoms with Crippen LogP contribution in [0.25, 0.3) is 0 Å². The van der Waals surface area contributed by atoms with Gasteiger partial charge in [-0.05, 0) is 6.07 Å². The molecule has 0 amide bonds. The van der Waals surface area contributed by atoms with Crippen LogP contribution in [-0.4, -0.2) is 11.9 Å². The van der Waals surface area contributed by atoms with Gasteiger partial charge in [-0.2, -0.15) is 0 Å². The van der Waals surface area contributed by atoms with Crippen LogP contribution in [0.2, 0.25) is 5.02 Å². The summed E-state index contributed by atoms with van der Waals surface area (Å²) in [7, 11) is 0. The summed E-state index contributed by atoms with van der Waals surface area (Å²) in [6.07, 6.45) is 0.157. The molecule has 1 aliphatic rings. The van der Waals surface area contributed by atoms with E-state index in [0.29, 0.717) is 16.3 Å². The zero-order valence-corrected chi connectivity index (χ0v) is 8.63. The fraction of sp³-hybridized carbons (Fsp3) is 0.200. The fourth-order valence-corrected chi connectivity index (χ4v) is 1.64. The quantitative estimate of drug-likeness (QED) is 0.541. The van der Waals surface area contributed by atoms with Gasteiger partial charge < -0.3 is 9.47 Å². The lowest BCUT2D eigenvalue weighted by Crippen LogP contribution is -2.04. The Morgan fingerprint density at radius 2 is 2.27 bits per heavy atom. The molecule has 78 valence electrons. The Kier molecular flexibility index (Phi) is 2.36. The average molecular weight is 227 g/mol. The van der Waals surface area contributed by atoms with Gasteiger partial charge in [-0.15, -0.1) is 0 Å². The van der Waals surface area contributed by atoms with Gasteiger partial charge in [0, 0.05) is 23.6 Å². The molecule has 0 radical (unpaired) electrons. The van der Waals surface area contributed by atoms with E-state index >= 15 is 0 Å². The molecule has 1 aromatic rings. The molecule has 5 heteroatoms. The summed E-state index contributed by atoms with van der Waals surface area (Å²) in [6.45, 7) is 1.27. The van der Waals surface area contributed by atoms with Crippen LogP contribution < -0.4 is 9.47 Å². The number of benzene rings is 1. The highest BCUT2D eigenvalue weighted by atomic mass is 35.5. The molecule has 0 saturated carbocycles. The van der Waals surface area contributed by atoms with E-state index in [9.17, 15) is 9.59 Å². The van der Waals surface area contributed by atoms with Crippen LogP contribution in [0.4, 0.5) is 0 Å².